The van der Waals surface area contributed by atoms with Gasteiger partial charge < -0.3 is 20.1 Å². The summed E-state index contributed by atoms with van der Waals surface area (Å²) >= 11 is 0. The van der Waals surface area contributed by atoms with Crippen molar-refractivity contribution in [2.24, 2.45) is 17.8 Å². The number of nitrogens with zero attached hydrogens (tertiary/aromatic N) is 3. The van der Waals surface area contributed by atoms with Crippen LogP contribution in [0.5, 0.6) is 5.75 Å². The van der Waals surface area contributed by atoms with Crippen molar-refractivity contribution in [1.82, 2.24) is 14.9 Å². The van der Waals surface area contributed by atoms with Gasteiger partial charge in [0.2, 0.25) is 5.91 Å². The number of carbonyl (C=O) groups is 3. The SMILES string of the molecule is CCC1CCC(C2CC=C(c3cnc(-c4ccc(CN(CC(=O)O)C(=O)c5ccc(NC(=O)Cc6ccc(OC)cc6C(F)(F)F)cc5)cc4)nc3)CC2)CC1. The number of carboxylic acid groups (broad SMARTS) is 1. The number of methoxy groups -OCH3 is 1. The van der Waals surface area contributed by atoms with Crippen molar-refractivity contribution >= 4 is 29.0 Å². The van der Waals surface area contributed by atoms with Gasteiger partial charge in [-0.1, -0.05) is 62.6 Å². The van der Waals surface area contributed by atoms with Gasteiger partial charge in [0.1, 0.15) is 12.3 Å². The normalized spacial score (nSPS) is 18.4. The molecule has 9 nitrogen and oxygen atoms in total. The van der Waals surface area contributed by atoms with Crippen LogP contribution >= 0.6 is 0 Å². The maximum absolute atomic E-state index is 13.6. The van der Waals surface area contributed by atoms with Crippen LogP contribution in [0.1, 0.15) is 90.9 Å². The fourth-order valence-corrected chi connectivity index (χ4v) is 7.96. The molecule has 2 aliphatic rings. The second kappa shape index (κ2) is 18.0. The molecule has 294 valence electrons. The van der Waals surface area contributed by atoms with Crippen LogP contribution in [0.3, 0.4) is 0 Å². The van der Waals surface area contributed by atoms with E-state index < -0.39 is 42.5 Å². The number of halogens is 3. The maximum atomic E-state index is 13.6. The monoisotopic (exact) mass is 768 g/mol. The summed E-state index contributed by atoms with van der Waals surface area (Å²) in [7, 11) is 1.25. The van der Waals surface area contributed by atoms with E-state index in [1.54, 1.807) is 12.1 Å². The quantitative estimate of drug-likeness (QED) is 0.139. The van der Waals surface area contributed by atoms with Gasteiger partial charge in [-0.2, -0.15) is 13.2 Å². The number of rotatable bonds is 13. The number of allylic oxidation sites excluding steroid dienone is 2. The Balaban J connectivity index is 1.04. The van der Waals surface area contributed by atoms with Gasteiger partial charge in [-0.3, -0.25) is 14.4 Å². The van der Waals surface area contributed by atoms with E-state index in [1.807, 2.05) is 24.5 Å². The Morgan fingerprint density at radius 2 is 1.59 bits per heavy atom. The van der Waals surface area contributed by atoms with Crippen molar-refractivity contribution in [3.8, 4) is 17.1 Å². The number of hydrogen-bond donors (Lipinski definition) is 2. The first-order valence-corrected chi connectivity index (χ1v) is 19.2. The van der Waals surface area contributed by atoms with E-state index in [0.717, 1.165) is 47.8 Å². The summed E-state index contributed by atoms with van der Waals surface area (Å²) in [6.45, 7) is 1.77. The maximum Gasteiger partial charge on any atom is 0.416 e. The molecule has 56 heavy (non-hydrogen) atoms. The number of aliphatic carboxylic acids is 1. The molecule has 0 saturated heterocycles. The van der Waals surface area contributed by atoms with Gasteiger partial charge >= 0.3 is 12.1 Å². The summed E-state index contributed by atoms with van der Waals surface area (Å²) in [6.07, 6.45) is 11.1. The van der Waals surface area contributed by atoms with Gasteiger partial charge in [-0.05, 0) is 103 Å². The molecular weight excluding hydrogens is 722 g/mol. The smallest absolute Gasteiger partial charge is 0.416 e. The lowest BCUT2D eigenvalue weighted by Crippen LogP contribution is -2.35. The van der Waals surface area contributed by atoms with Crippen molar-refractivity contribution in [3.63, 3.8) is 0 Å². The third-order valence-corrected chi connectivity index (χ3v) is 11.2. The predicted molar refractivity (Wildman–Crippen MR) is 208 cm³/mol. The van der Waals surface area contributed by atoms with Gasteiger partial charge in [-0.25, -0.2) is 9.97 Å². The number of nitrogens with one attached hydrogen (secondary N) is 1. The minimum Gasteiger partial charge on any atom is -0.497 e. The zero-order chi connectivity index (χ0) is 39.8. The summed E-state index contributed by atoms with van der Waals surface area (Å²) in [5.41, 5.74) is 3.08. The molecular formula is C44H47F3N4O5. The van der Waals surface area contributed by atoms with E-state index in [1.165, 1.54) is 92.5 Å². The molecule has 0 spiro atoms. The number of anilines is 1. The van der Waals surface area contributed by atoms with Crippen LogP contribution in [0, 0.1) is 17.8 Å². The van der Waals surface area contributed by atoms with Crippen LogP contribution in [0.15, 0.2) is 85.2 Å². The van der Waals surface area contributed by atoms with E-state index in [-0.39, 0.29) is 29.1 Å². The Labute approximate surface area is 325 Å². The predicted octanol–water partition coefficient (Wildman–Crippen LogP) is 9.48. The molecule has 3 aromatic carbocycles. The Morgan fingerprint density at radius 1 is 0.893 bits per heavy atom. The van der Waals surface area contributed by atoms with E-state index >= 15 is 0 Å². The van der Waals surface area contributed by atoms with Gasteiger partial charge in [0.25, 0.3) is 5.91 Å². The largest absolute Gasteiger partial charge is 0.497 e. The summed E-state index contributed by atoms with van der Waals surface area (Å²) in [5.74, 6) is 0.699. The van der Waals surface area contributed by atoms with Crippen LogP contribution in [-0.2, 0) is 28.7 Å². The molecule has 2 N–H and O–H groups in total. The fourth-order valence-electron chi connectivity index (χ4n) is 7.96. The van der Waals surface area contributed by atoms with Crippen molar-refractivity contribution < 1.29 is 37.4 Å². The second-order valence-electron chi connectivity index (χ2n) is 14.8. The first-order chi connectivity index (χ1) is 26.9. The summed E-state index contributed by atoms with van der Waals surface area (Å²) in [6, 6.07) is 16.4. The topological polar surface area (TPSA) is 122 Å². The number of alkyl halides is 3. The highest BCUT2D eigenvalue weighted by Gasteiger charge is 2.34. The lowest BCUT2D eigenvalue weighted by molar-refractivity contribution is -0.139. The van der Waals surface area contributed by atoms with Crippen LogP contribution in [0.25, 0.3) is 17.0 Å². The lowest BCUT2D eigenvalue weighted by Gasteiger charge is -2.35. The molecule has 0 aliphatic heterocycles. The van der Waals surface area contributed by atoms with Crippen LogP contribution < -0.4 is 10.1 Å². The summed E-state index contributed by atoms with van der Waals surface area (Å²) < 4.78 is 45.7. The first kappa shape index (κ1) is 40.2. The van der Waals surface area contributed by atoms with E-state index in [0.29, 0.717) is 11.4 Å². The highest BCUT2D eigenvalue weighted by molar-refractivity contribution is 5.97. The van der Waals surface area contributed by atoms with E-state index in [2.05, 4.69) is 28.3 Å². The summed E-state index contributed by atoms with van der Waals surface area (Å²) in [5, 5.41) is 12.1. The summed E-state index contributed by atoms with van der Waals surface area (Å²) in [4.78, 5) is 48.3. The third kappa shape index (κ3) is 10.2. The second-order valence-corrected chi connectivity index (χ2v) is 14.8. The van der Waals surface area contributed by atoms with Crippen molar-refractivity contribution in [1.29, 1.82) is 0 Å². The van der Waals surface area contributed by atoms with E-state index in [4.69, 9.17) is 4.74 Å². The van der Waals surface area contributed by atoms with Gasteiger partial charge in [0, 0.05) is 41.3 Å². The number of carbonyl (C=O) groups excluding carboxylic acids is 2. The number of carboxylic acids is 1. The zero-order valence-electron chi connectivity index (χ0n) is 31.6. The van der Waals surface area contributed by atoms with Crippen LogP contribution in [0.4, 0.5) is 18.9 Å². The van der Waals surface area contributed by atoms with Crippen molar-refractivity contribution in [2.75, 3.05) is 19.0 Å². The van der Waals surface area contributed by atoms with Crippen molar-refractivity contribution in [3.05, 3.63) is 113 Å². The average molecular weight is 769 g/mol. The molecule has 1 saturated carbocycles. The molecule has 4 aromatic rings. The molecule has 6 rings (SSSR count). The molecule has 1 fully saturated rings. The molecule has 12 heteroatoms. The number of benzene rings is 3. The molecule has 0 bridgehead atoms. The van der Waals surface area contributed by atoms with Crippen LogP contribution in [-0.4, -0.2) is 51.4 Å². The Hall–Kier alpha value is -5.52. The molecule has 2 amide bonds. The zero-order valence-corrected chi connectivity index (χ0v) is 31.6. The van der Waals surface area contributed by atoms with Gasteiger partial charge in [-0.15, -0.1) is 0 Å². The van der Waals surface area contributed by atoms with Crippen molar-refractivity contribution in [2.45, 2.75) is 77.4 Å². The third-order valence-electron chi connectivity index (χ3n) is 11.2. The Kier molecular flexibility index (Phi) is 12.9. The standard InChI is InChI=1S/C44H47F3N4O5/c1-3-28-4-8-30(9-5-28)31-12-14-32(15-13-31)36-24-48-42(49-25-36)33-10-6-29(7-11-33)26-51(27-41(53)54)43(55)34-16-19-37(20-17-34)50-40(52)22-35-18-21-38(56-2)23-39(35)44(45,46)47/h6-7,10-11,14,16-21,23-25,28,30-31H,3-5,8-9,12-13,15,22,26-27H2,1-2H3,(H,50,52)(H,53,54). The number of ether oxygens (including phenoxy) is 1. The van der Waals surface area contributed by atoms with Gasteiger partial charge in [0.15, 0.2) is 5.82 Å². The molecule has 0 radical (unpaired) electrons. The first-order valence-electron chi connectivity index (χ1n) is 19.2. The molecule has 1 aromatic heterocycles. The molecule has 1 unspecified atom stereocenters. The Morgan fingerprint density at radius 3 is 2.18 bits per heavy atom. The number of amides is 2. The Bertz CT molecular complexity index is 2020. The highest BCUT2D eigenvalue weighted by Crippen LogP contribution is 2.42. The molecule has 1 atom stereocenters. The van der Waals surface area contributed by atoms with Gasteiger partial charge in [0.05, 0.1) is 19.1 Å². The van der Waals surface area contributed by atoms with Crippen LogP contribution in [0.2, 0.25) is 0 Å². The minimum absolute atomic E-state index is 0.0162. The molecule has 2 aliphatic carbocycles. The van der Waals surface area contributed by atoms with E-state index in [9.17, 15) is 32.7 Å². The molecule has 1 heterocycles. The minimum atomic E-state index is -4.68. The fraction of sp³-hybridized carbons (Fsp3) is 0.386. The number of hydrogen-bond acceptors (Lipinski definition) is 6. The highest BCUT2D eigenvalue weighted by atomic mass is 19.4. The average Bonchev–Trinajstić information content (AvgIpc) is 3.20. The lowest BCUT2D eigenvalue weighted by atomic mass is 9.71. The number of aromatic nitrogens is 2.